The number of nitrogens with one attached hydrogen (secondary N) is 1. The average molecular weight is 411 g/mol. The summed E-state index contributed by atoms with van der Waals surface area (Å²) in [4.78, 5) is 21.4. The number of pyridine rings is 2. The summed E-state index contributed by atoms with van der Waals surface area (Å²) in [5, 5.41) is 9.05. The number of halogens is 2. The van der Waals surface area contributed by atoms with Crippen LogP contribution in [0.4, 0.5) is 0 Å². The summed E-state index contributed by atoms with van der Waals surface area (Å²) in [7, 11) is 0. The van der Waals surface area contributed by atoms with Crippen molar-refractivity contribution in [3.8, 4) is 23.0 Å². The van der Waals surface area contributed by atoms with E-state index in [0.717, 1.165) is 0 Å². The van der Waals surface area contributed by atoms with Crippen LogP contribution in [0, 0.1) is 0 Å². The van der Waals surface area contributed by atoms with Crippen LogP contribution in [0.1, 0.15) is 10.4 Å². The molecule has 0 saturated heterocycles. The first-order chi connectivity index (χ1) is 13.6. The molecule has 9 heteroatoms. The Balaban J connectivity index is 1.79. The molecule has 3 aromatic heterocycles. The van der Waals surface area contributed by atoms with E-state index in [1.54, 1.807) is 48.8 Å². The third-order valence-electron chi connectivity index (χ3n) is 3.84. The van der Waals surface area contributed by atoms with Gasteiger partial charge < -0.3 is 0 Å². The number of benzene rings is 1. The number of carbonyl (C=O) groups excluding carboxylic acids is 1. The van der Waals surface area contributed by atoms with Crippen molar-refractivity contribution in [2.75, 3.05) is 5.43 Å². The summed E-state index contributed by atoms with van der Waals surface area (Å²) in [6.07, 6.45) is 3.26. The molecule has 0 aliphatic rings. The molecule has 0 fully saturated rings. The van der Waals surface area contributed by atoms with E-state index in [4.69, 9.17) is 23.2 Å². The molecule has 1 N–H and O–H groups in total. The zero-order valence-corrected chi connectivity index (χ0v) is 15.8. The van der Waals surface area contributed by atoms with Crippen LogP contribution in [0.5, 0.6) is 0 Å². The Hall–Kier alpha value is -3.29. The maximum absolute atomic E-state index is 12.9. The van der Waals surface area contributed by atoms with Gasteiger partial charge in [-0.15, -0.1) is 10.2 Å². The van der Waals surface area contributed by atoms with E-state index in [-0.39, 0.29) is 10.6 Å². The molecule has 3 heterocycles. The molecule has 28 heavy (non-hydrogen) atoms. The van der Waals surface area contributed by atoms with Gasteiger partial charge >= 0.3 is 0 Å². The van der Waals surface area contributed by atoms with Crippen LogP contribution in [0.15, 0.2) is 67.0 Å². The van der Waals surface area contributed by atoms with Crippen molar-refractivity contribution < 1.29 is 4.79 Å². The summed E-state index contributed by atoms with van der Waals surface area (Å²) in [5.41, 5.74) is 4.12. The summed E-state index contributed by atoms with van der Waals surface area (Å²) in [6.45, 7) is 0. The van der Waals surface area contributed by atoms with Crippen LogP contribution in [-0.2, 0) is 0 Å². The Morgan fingerprint density at radius 2 is 1.46 bits per heavy atom. The van der Waals surface area contributed by atoms with E-state index in [2.05, 4.69) is 25.6 Å². The highest BCUT2D eigenvalue weighted by Gasteiger charge is 2.20. The van der Waals surface area contributed by atoms with E-state index in [0.29, 0.717) is 28.1 Å². The number of hydrogen-bond acceptors (Lipinski definition) is 5. The lowest BCUT2D eigenvalue weighted by atomic mass is 10.2. The van der Waals surface area contributed by atoms with Gasteiger partial charge in [-0.3, -0.25) is 20.2 Å². The normalized spacial score (nSPS) is 10.6. The molecule has 0 unspecified atom stereocenters. The van der Waals surface area contributed by atoms with Gasteiger partial charge in [-0.05, 0) is 42.5 Å². The molecule has 138 valence electrons. The number of rotatable bonds is 4. The highest BCUT2D eigenvalue weighted by atomic mass is 35.5. The second kappa shape index (κ2) is 7.75. The van der Waals surface area contributed by atoms with Crippen molar-refractivity contribution >= 4 is 29.1 Å². The number of nitrogens with zero attached hydrogens (tertiary/aromatic N) is 5. The Labute approximate surface area is 170 Å². The van der Waals surface area contributed by atoms with Crippen molar-refractivity contribution in [2.45, 2.75) is 0 Å². The minimum Gasteiger partial charge on any atom is -0.267 e. The van der Waals surface area contributed by atoms with Crippen LogP contribution in [0.3, 0.4) is 0 Å². The fourth-order valence-corrected chi connectivity index (χ4v) is 3.04. The summed E-state index contributed by atoms with van der Waals surface area (Å²) in [6, 6.07) is 15.4. The minimum atomic E-state index is -0.448. The second-order valence-corrected chi connectivity index (χ2v) is 6.52. The zero-order chi connectivity index (χ0) is 19.5. The molecule has 1 amide bonds. The molecule has 0 aliphatic carbocycles. The first kappa shape index (κ1) is 18.1. The molecule has 1 aromatic carbocycles. The van der Waals surface area contributed by atoms with E-state index in [1.807, 2.05) is 12.1 Å². The first-order valence-electron chi connectivity index (χ1n) is 8.18. The van der Waals surface area contributed by atoms with Gasteiger partial charge in [-0.2, -0.15) is 0 Å². The van der Waals surface area contributed by atoms with Gasteiger partial charge in [0, 0.05) is 17.4 Å². The van der Waals surface area contributed by atoms with E-state index in [1.165, 1.54) is 10.7 Å². The highest BCUT2D eigenvalue weighted by molar-refractivity contribution is 6.37. The molecule has 0 atom stereocenters. The molecule has 0 radical (unpaired) electrons. The number of hydrogen-bond donors (Lipinski definition) is 1. The van der Waals surface area contributed by atoms with Gasteiger partial charge in [0.25, 0.3) is 5.91 Å². The van der Waals surface area contributed by atoms with E-state index >= 15 is 0 Å². The summed E-state index contributed by atoms with van der Waals surface area (Å²) >= 11 is 12.1. The lowest BCUT2D eigenvalue weighted by molar-refractivity contribution is 0.101. The molecule has 4 aromatic rings. The molecule has 0 saturated carbocycles. The summed E-state index contributed by atoms with van der Waals surface area (Å²) in [5.74, 6) is 0.273. The van der Waals surface area contributed by atoms with Crippen LogP contribution >= 0.6 is 23.2 Å². The monoisotopic (exact) mass is 410 g/mol. The number of aromatic nitrogens is 5. The van der Waals surface area contributed by atoms with Crippen LogP contribution in [0.25, 0.3) is 23.0 Å². The Morgan fingerprint density at radius 3 is 1.96 bits per heavy atom. The Kier molecular flexibility index (Phi) is 5.01. The SMILES string of the molecule is O=C(Nn1c(-c2ccccn2)nnc1-c1ccccn1)c1ccc(Cl)cc1Cl. The van der Waals surface area contributed by atoms with Crippen LogP contribution in [0.2, 0.25) is 10.0 Å². The first-order valence-corrected chi connectivity index (χ1v) is 8.94. The fraction of sp³-hybridized carbons (Fsp3) is 0. The highest BCUT2D eigenvalue weighted by Crippen LogP contribution is 2.23. The Morgan fingerprint density at radius 1 is 0.857 bits per heavy atom. The van der Waals surface area contributed by atoms with Crippen molar-refractivity contribution in [3.05, 3.63) is 82.6 Å². The third kappa shape index (κ3) is 3.58. The standard InChI is InChI=1S/C19H12Cl2N6O/c20-12-7-8-13(14(21)11-12)19(28)26-27-17(15-5-1-3-9-22-15)24-25-18(27)16-6-2-4-10-23-16/h1-11H,(H,26,28). The zero-order valence-electron chi connectivity index (χ0n) is 14.3. The molecular weight excluding hydrogens is 399 g/mol. The van der Waals surface area contributed by atoms with Gasteiger partial charge in [0.2, 0.25) is 11.6 Å². The predicted molar refractivity (Wildman–Crippen MR) is 107 cm³/mol. The summed E-state index contributed by atoms with van der Waals surface area (Å²) < 4.78 is 1.44. The second-order valence-electron chi connectivity index (χ2n) is 5.68. The molecule has 0 spiro atoms. The molecular formula is C19H12Cl2N6O. The molecule has 7 nitrogen and oxygen atoms in total. The van der Waals surface area contributed by atoms with Crippen molar-refractivity contribution in [2.24, 2.45) is 0 Å². The predicted octanol–water partition coefficient (Wildman–Crippen LogP) is 4.09. The van der Waals surface area contributed by atoms with Crippen LogP contribution < -0.4 is 5.43 Å². The van der Waals surface area contributed by atoms with Crippen molar-refractivity contribution in [1.29, 1.82) is 0 Å². The fourth-order valence-electron chi connectivity index (χ4n) is 2.55. The van der Waals surface area contributed by atoms with Gasteiger partial charge in [0.15, 0.2) is 0 Å². The molecule has 0 aliphatic heterocycles. The van der Waals surface area contributed by atoms with E-state index < -0.39 is 5.91 Å². The topological polar surface area (TPSA) is 85.6 Å². The van der Waals surface area contributed by atoms with Crippen molar-refractivity contribution in [1.82, 2.24) is 24.8 Å². The lowest BCUT2D eigenvalue weighted by Gasteiger charge is -2.12. The largest absolute Gasteiger partial charge is 0.271 e. The quantitative estimate of drug-likeness (QED) is 0.547. The van der Waals surface area contributed by atoms with Gasteiger partial charge in [-0.25, -0.2) is 4.68 Å². The lowest BCUT2D eigenvalue weighted by Crippen LogP contribution is -2.25. The average Bonchev–Trinajstić information content (AvgIpc) is 3.12. The number of amides is 1. The maximum atomic E-state index is 12.9. The molecule has 4 rings (SSSR count). The van der Waals surface area contributed by atoms with Gasteiger partial charge in [0.05, 0.1) is 10.6 Å². The molecule has 0 bridgehead atoms. The smallest absolute Gasteiger partial charge is 0.267 e. The third-order valence-corrected chi connectivity index (χ3v) is 4.39. The number of carbonyl (C=O) groups is 1. The van der Waals surface area contributed by atoms with Crippen molar-refractivity contribution in [3.63, 3.8) is 0 Å². The van der Waals surface area contributed by atoms with Gasteiger partial charge in [0.1, 0.15) is 11.4 Å². The maximum Gasteiger partial charge on any atom is 0.271 e. The van der Waals surface area contributed by atoms with Gasteiger partial charge in [-0.1, -0.05) is 35.3 Å². The van der Waals surface area contributed by atoms with E-state index in [9.17, 15) is 4.79 Å². The van der Waals surface area contributed by atoms with Crippen LogP contribution in [-0.4, -0.2) is 30.7 Å². The minimum absolute atomic E-state index is 0.233. The Bertz CT molecular complexity index is 1070.